The van der Waals surface area contributed by atoms with Gasteiger partial charge < -0.3 is 10.6 Å². The Hall–Kier alpha value is 0. The van der Waals surface area contributed by atoms with Crippen molar-refractivity contribution in [2.24, 2.45) is 4.99 Å². The van der Waals surface area contributed by atoms with E-state index in [1.54, 1.807) is 0 Å². The molecule has 1 aliphatic carbocycles. The molecule has 4 heteroatoms. The average Bonchev–Trinajstić information content (AvgIpc) is 2.64. The van der Waals surface area contributed by atoms with Crippen LogP contribution in [0.25, 0.3) is 0 Å². The van der Waals surface area contributed by atoms with Crippen molar-refractivity contribution in [3.63, 3.8) is 0 Å². The molecule has 0 aromatic rings. The van der Waals surface area contributed by atoms with Crippen LogP contribution in [-0.4, -0.2) is 24.1 Å². The normalized spacial score (nSPS) is 32.0. The second kappa shape index (κ2) is 5.19. The molecule has 1 aliphatic heterocycles. The molecule has 0 aromatic carbocycles. The van der Waals surface area contributed by atoms with E-state index < -0.39 is 0 Å². The molecule has 0 amide bonds. The minimum atomic E-state index is 0. The third-order valence-electron chi connectivity index (χ3n) is 3.12. The summed E-state index contributed by atoms with van der Waals surface area (Å²) < 4.78 is 0. The van der Waals surface area contributed by atoms with Crippen LogP contribution < -0.4 is 10.6 Å². The van der Waals surface area contributed by atoms with E-state index in [-0.39, 0.29) is 24.0 Å². The first-order valence-electron chi connectivity index (χ1n) is 5.36. The van der Waals surface area contributed by atoms with Crippen LogP contribution >= 0.6 is 24.0 Å². The van der Waals surface area contributed by atoms with E-state index in [4.69, 9.17) is 0 Å². The van der Waals surface area contributed by atoms with Crippen LogP contribution in [0.5, 0.6) is 0 Å². The van der Waals surface area contributed by atoms with Crippen LogP contribution in [0.4, 0.5) is 0 Å². The van der Waals surface area contributed by atoms with E-state index >= 15 is 0 Å². The van der Waals surface area contributed by atoms with Crippen molar-refractivity contribution in [3.05, 3.63) is 0 Å². The first-order chi connectivity index (χ1) is 6.25. The molecule has 2 atom stereocenters. The summed E-state index contributed by atoms with van der Waals surface area (Å²) in [7, 11) is 0. The minimum Gasteiger partial charge on any atom is -0.354 e. The molecule has 1 fully saturated rings. The van der Waals surface area contributed by atoms with Gasteiger partial charge >= 0.3 is 0 Å². The lowest BCUT2D eigenvalue weighted by Crippen LogP contribution is -2.42. The van der Waals surface area contributed by atoms with Gasteiger partial charge in [-0.3, -0.25) is 0 Å². The summed E-state index contributed by atoms with van der Waals surface area (Å²) in [6.45, 7) is 4.33. The van der Waals surface area contributed by atoms with Crippen molar-refractivity contribution in [2.75, 3.05) is 0 Å². The summed E-state index contributed by atoms with van der Waals surface area (Å²) in [6, 6.07) is 1.58. The highest BCUT2D eigenvalue weighted by Crippen LogP contribution is 2.18. The van der Waals surface area contributed by atoms with Crippen LogP contribution in [0, 0.1) is 0 Å². The number of nitrogens with one attached hydrogen (secondary N) is 2. The largest absolute Gasteiger partial charge is 0.354 e. The summed E-state index contributed by atoms with van der Waals surface area (Å²) in [5.41, 5.74) is 0. The molecule has 2 aliphatic rings. The highest BCUT2D eigenvalue weighted by molar-refractivity contribution is 14.0. The molecule has 3 nitrogen and oxygen atoms in total. The maximum Gasteiger partial charge on any atom is 0.192 e. The molecule has 0 radical (unpaired) electrons. The van der Waals surface area contributed by atoms with Crippen molar-refractivity contribution in [2.45, 2.75) is 57.7 Å². The smallest absolute Gasteiger partial charge is 0.192 e. The van der Waals surface area contributed by atoms with Gasteiger partial charge in [0.05, 0.1) is 6.04 Å². The molecule has 1 heterocycles. The molecule has 2 N–H and O–H groups in total. The second-order valence-corrected chi connectivity index (χ2v) is 4.28. The van der Waals surface area contributed by atoms with Gasteiger partial charge in [-0.15, -0.1) is 24.0 Å². The number of hydrogen-bond acceptors (Lipinski definition) is 3. The van der Waals surface area contributed by atoms with Crippen LogP contribution in [-0.2, 0) is 0 Å². The van der Waals surface area contributed by atoms with E-state index in [2.05, 4.69) is 29.5 Å². The SMILES string of the molecule is CC1N=C(NC2CCCC2)NC1C.I. The van der Waals surface area contributed by atoms with E-state index in [0.29, 0.717) is 18.1 Å². The van der Waals surface area contributed by atoms with Gasteiger partial charge in [0.25, 0.3) is 0 Å². The minimum absolute atomic E-state index is 0. The van der Waals surface area contributed by atoms with Gasteiger partial charge in [-0.05, 0) is 26.7 Å². The number of nitrogens with zero attached hydrogens (tertiary/aromatic N) is 1. The average molecular weight is 309 g/mol. The Bertz CT molecular complexity index is 211. The molecule has 0 saturated heterocycles. The molecular formula is C10H20IN3. The van der Waals surface area contributed by atoms with Crippen LogP contribution in [0.2, 0.25) is 0 Å². The molecule has 0 bridgehead atoms. The van der Waals surface area contributed by atoms with Crippen LogP contribution in [0.3, 0.4) is 0 Å². The zero-order valence-corrected chi connectivity index (χ0v) is 11.2. The fourth-order valence-electron chi connectivity index (χ4n) is 2.03. The first kappa shape index (κ1) is 12.1. The fraction of sp³-hybridized carbons (Fsp3) is 0.900. The van der Waals surface area contributed by atoms with Gasteiger partial charge in [-0.25, -0.2) is 4.99 Å². The quantitative estimate of drug-likeness (QED) is 0.726. The predicted octanol–water partition coefficient (Wildman–Crippen LogP) is 1.87. The lowest BCUT2D eigenvalue weighted by molar-refractivity contribution is 0.587. The standard InChI is InChI=1S/C10H19N3.HI/c1-7-8(2)12-10(11-7)13-9-5-3-4-6-9;/h7-9H,3-6H2,1-2H3,(H2,11,12,13);1H. The Balaban J connectivity index is 0.000000980. The lowest BCUT2D eigenvalue weighted by atomic mass is 10.2. The second-order valence-electron chi connectivity index (χ2n) is 4.28. The van der Waals surface area contributed by atoms with Gasteiger partial charge in [0.1, 0.15) is 0 Å². The molecular weight excluding hydrogens is 289 g/mol. The third-order valence-corrected chi connectivity index (χ3v) is 3.12. The molecule has 82 valence electrons. The molecule has 14 heavy (non-hydrogen) atoms. The fourth-order valence-corrected chi connectivity index (χ4v) is 2.03. The number of rotatable bonds is 1. The summed E-state index contributed by atoms with van der Waals surface area (Å²) in [5, 5.41) is 6.85. The highest BCUT2D eigenvalue weighted by atomic mass is 127. The monoisotopic (exact) mass is 309 g/mol. The molecule has 0 aromatic heterocycles. The van der Waals surface area contributed by atoms with Crippen molar-refractivity contribution in [1.82, 2.24) is 10.6 Å². The summed E-state index contributed by atoms with van der Waals surface area (Å²) in [4.78, 5) is 4.53. The van der Waals surface area contributed by atoms with Crippen LogP contribution in [0.1, 0.15) is 39.5 Å². The molecule has 1 saturated carbocycles. The van der Waals surface area contributed by atoms with Gasteiger partial charge in [0.2, 0.25) is 0 Å². The van der Waals surface area contributed by atoms with Crippen molar-refractivity contribution >= 4 is 29.9 Å². The van der Waals surface area contributed by atoms with Crippen LogP contribution in [0.15, 0.2) is 4.99 Å². The molecule has 0 spiro atoms. The van der Waals surface area contributed by atoms with Gasteiger partial charge in [-0.2, -0.15) is 0 Å². The van der Waals surface area contributed by atoms with Crippen molar-refractivity contribution < 1.29 is 0 Å². The molecule has 2 unspecified atom stereocenters. The summed E-state index contributed by atoms with van der Waals surface area (Å²) in [5.74, 6) is 1.02. The highest BCUT2D eigenvalue weighted by Gasteiger charge is 2.23. The number of halogens is 1. The summed E-state index contributed by atoms with van der Waals surface area (Å²) >= 11 is 0. The van der Waals surface area contributed by atoms with Crippen molar-refractivity contribution in [1.29, 1.82) is 0 Å². The zero-order valence-electron chi connectivity index (χ0n) is 8.92. The number of aliphatic imine (C=N–C) groups is 1. The maximum atomic E-state index is 4.53. The van der Waals surface area contributed by atoms with E-state index in [1.165, 1.54) is 25.7 Å². The first-order valence-corrected chi connectivity index (χ1v) is 5.36. The lowest BCUT2D eigenvalue weighted by Gasteiger charge is -2.14. The predicted molar refractivity (Wildman–Crippen MR) is 70.3 cm³/mol. The van der Waals surface area contributed by atoms with Gasteiger partial charge in [0, 0.05) is 12.1 Å². The number of guanidine groups is 1. The Morgan fingerprint density at radius 2 is 1.93 bits per heavy atom. The Kier molecular flexibility index (Phi) is 4.47. The Labute approximate surface area is 103 Å². The Morgan fingerprint density at radius 3 is 2.43 bits per heavy atom. The van der Waals surface area contributed by atoms with Gasteiger partial charge in [0.15, 0.2) is 5.96 Å². The van der Waals surface area contributed by atoms with Crippen molar-refractivity contribution in [3.8, 4) is 0 Å². The third kappa shape index (κ3) is 2.74. The molecule has 2 rings (SSSR count). The van der Waals surface area contributed by atoms with E-state index in [1.807, 2.05) is 0 Å². The topological polar surface area (TPSA) is 36.4 Å². The van der Waals surface area contributed by atoms with E-state index in [9.17, 15) is 0 Å². The maximum absolute atomic E-state index is 4.53. The van der Waals surface area contributed by atoms with E-state index in [0.717, 1.165) is 5.96 Å². The zero-order chi connectivity index (χ0) is 9.26. The number of hydrogen-bond donors (Lipinski definition) is 2. The summed E-state index contributed by atoms with van der Waals surface area (Å²) in [6.07, 6.45) is 5.36. The Morgan fingerprint density at radius 1 is 1.29 bits per heavy atom. The van der Waals surface area contributed by atoms with Gasteiger partial charge in [-0.1, -0.05) is 12.8 Å².